The van der Waals surface area contributed by atoms with E-state index in [0.717, 1.165) is 23.9 Å². The van der Waals surface area contributed by atoms with Gasteiger partial charge < -0.3 is 10.6 Å². The van der Waals surface area contributed by atoms with E-state index in [-0.39, 0.29) is 10.6 Å². The zero-order valence-corrected chi connectivity index (χ0v) is 12.8. The maximum Gasteiger partial charge on any atom is 0.293 e. The summed E-state index contributed by atoms with van der Waals surface area (Å²) < 4.78 is 0.732. The maximum absolute atomic E-state index is 11.1. The lowest BCUT2D eigenvalue weighted by Crippen LogP contribution is -2.58. The Kier molecular flexibility index (Phi) is 3.69. The number of halogens is 1. The molecule has 1 aliphatic heterocycles. The third-order valence-electron chi connectivity index (χ3n) is 4.46. The lowest BCUT2D eigenvalue weighted by molar-refractivity contribution is -0.384. The van der Waals surface area contributed by atoms with E-state index in [1.165, 1.54) is 19.3 Å². The number of hydrogen-bond acceptors (Lipinski definition) is 4. The third-order valence-corrected chi connectivity index (χ3v) is 4.95. The molecule has 1 atom stereocenters. The Labute approximate surface area is 126 Å². The molecule has 1 spiro atoms. The van der Waals surface area contributed by atoms with E-state index >= 15 is 0 Å². The fraction of sp³-hybridized carbons (Fsp3) is 0.571. The molecule has 0 radical (unpaired) electrons. The molecule has 1 aromatic carbocycles. The summed E-state index contributed by atoms with van der Waals surface area (Å²) in [4.78, 5) is 10.8. The summed E-state index contributed by atoms with van der Waals surface area (Å²) in [7, 11) is 0. The minimum atomic E-state index is -0.326. The van der Waals surface area contributed by atoms with E-state index in [4.69, 9.17) is 0 Å². The Morgan fingerprint density at radius 2 is 2.25 bits per heavy atom. The molecule has 2 N–H and O–H groups in total. The molecular formula is C14H18BrN3O2. The molecule has 108 valence electrons. The highest BCUT2D eigenvalue weighted by Crippen LogP contribution is 2.39. The second-order valence-electron chi connectivity index (χ2n) is 5.81. The first-order valence-corrected chi connectivity index (χ1v) is 7.83. The van der Waals surface area contributed by atoms with Gasteiger partial charge in [-0.2, -0.15) is 0 Å². The number of nitrogens with zero attached hydrogens (tertiary/aromatic N) is 1. The van der Waals surface area contributed by atoms with Crippen LogP contribution in [0.3, 0.4) is 0 Å². The van der Waals surface area contributed by atoms with Gasteiger partial charge in [-0.1, -0.05) is 15.9 Å². The highest BCUT2D eigenvalue weighted by atomic mass is 79.9. The van der Waals surface area contributed by atoms with Crippen LogP contribution in [-0.2, 0) is 0 Å². The maximum atomic E-state index is 11.1. The van der Waals surface area contributed by atoms with Gasteiger partial charge >= 0.3 is 0 Å². The fourth-order valence-electron chi connectivity index (χ4n) is 3.26. The summed E-state index contributed by atoms with van der Waals surface area (Å²) in [6.07, 6.45) is 5.81. The number of nitro benzene ring substituents is 1. The Bertz CT molecular complexity index is 531. The van der Waals surface area contributed by atoms with Gasteiger partial charge in [0.05, 0.1) is 4.92 Å². The molecule has 1 heterocycles. The molecule has 0 aromatic heterocycles. The van der Waals surface area contributed by atoms with Crippen LogP contribution in [0.15, 0.2) is 22.7 Å². The summed E-state index contributed by atoms with van der Waals surface area (Å²) in [5, 5.41) is 18.1. The molecule has 1 unspecified atom stereocenters. The largest absolute Gasteiger partial charge is 0.377 e. The van der Waals surface area contributed by atoms with Gasteiger partial charge in [-0.05, 0) is 50.8 Å². The molecule has 1 aliphatic carbocycles. The first kappa shape index (κ1) is 13.8. The lowest BCUT2D eigenvalue weighted by Gasteiger charge is -2.48. The van der Waals surface area contributed by atoms with Gasteiger partial charge in [-0.15, -0.1) is 0 Å². The summed E-state index contributed by atoms with van der Waals surface area (Å²) in [6.45, 7) is 0.988. The summed E-state index contributed by atoms with van der Waals surface area (Å²) in [6, 6.07) is 5.51. The van der Waals surface area contributed by atoms with Crippen LogP contribution in [0.4, 0.5) is 11.4 Å². The molecule has 20 heavy (non-hydrogen) atoms. The van der Waals surface area contributed by atoms with Gasteiger partial charge in [-0.3, -0.25) is 10.1 Å². The molecule has 1 saturated carbocycles. The van der Waals surface area contributed by atoms with Crippen molar-refractivity contribution >= 4 is 27.3 Å². The van der Waals surface area contributed by atoms with Crippen LogP contribution >= 0.6 is 15.9 Å². The highest BCUT2D eigenvalue weighted by Gasteiger charge is 2.41. The van der Waals surface area contributed by atoms with Gasteiger partial charge in [0.2, 0.25) is 0 Å². The smallest absolute Gasteiger partial charge is 0.293 e. The van der Waals surface area contributed by atoms with Gasteiger partial charge in [0.25, 0.3) is 5.69 Å². The molecule has 0 bridgehead atoms. The number of benzene rings is 1. The van der Waals surface area contributed by atoms with Crippen molar-refractivity contribution in [2.45, 2.75) is 43.7 Å². The molecule has 1 saturated heterocycles. The Hall–Kier alpha value is -1.14. The Morgan fingerprint density at radius 1 is 1.45 bits per heavy atom. The Balaban J connectivity index is 1.75. The average Bonchev–Trinajstić information content (AvgIpc) is 2.39. The first-order valence-electron chi connectivity index (χ1n) is 7.04. The molecule has 6 heteroatoms. The van der Waals surface area contributed by atoms with Crippen LogP contribution < -0.4 is 10.6 Å². The van der Waals surface area contributed by atoms with E-state index in [9.17, 15) is 10.1 Å². The van der Waals surface area contributed by atoms with E-state index in [2.05, 4.69) is 26.6 Å². The summed E-state index contributed by atoms with van der Waals surface area (Å²) >= 11 is 3.29. The van der Waals surface area contributed by atoms with Crippen LogP contribution in [0.25, 0.3) is 0 Å². The van der Waals surface area contributed by atoms with Crippen molar-refractivity contribution in [3.05, 3.63) is 32.8 Å². The van der Waals surface area contributed by atoms with E-state index in [1.54, 1.807) is 12.1 Å². The van der Waals surface area contributed by atoms with Crippen LogP contribution in [0.1, 0.15) is 32.1 Å². The Morgan fingerprint density at radius 3 is 2.90 bits per heavy atom. The van der Waals surface area contributed by atoms with E-state index < -0.39 is 0 Å². The second kappa shape index (κ2) is 5.33. The highest BCUT2D eigenvalue weighted by molar-refractivity contribution is 9.10. The molecule has 2 aliphatic rings. The van der Waals surface area contributed by atoms with Gasteiger partial charge in [-0.25, -0.2) is 0 Å². The summed E-state index contributed by atoms with van der Waals surface area (Å²) in [5.74, 6) is 0. The predicted octanol–water partition coefficient (Wildman–Crippen LogP) is 3.44. The zero-order valence-electron chi connectivity index (χ0n) is 11.2. The molecular weight excluding hydrogens is 322 g/mol. The van der Waals surface area contributed by atoms with Gasteiger partial charge in [0, 0.05) is 22.1 Å². The number of piperidine rings is 1. The SMILES string of the molecule is O=[N+]([O-])c1cc(Br)ccc1NC1CCNC2(CCC2)C1. The van der Waals surface area contributed by atoms with Gasteiger partial charge in [0.1, 0.15) is 5.69 Å². The third kappa shape index (κ3) is 2.67. The van der Waals surface area contributed by atoms with Crippen LogP contribution in [0.2, 0.25) is 0 Å². The number of anilines is 1. The van der Waals surface area contributed by atoms with Crippen molar-refractivity contribution in [3.8, 4) is 0 Å². The standard InChI is InChI=1S/C14H18BrN3O2/c15-10-2-3-12(13(8-10)18(19)20)17-11-4-7-16-14(9-11)5-1-6-14/h2-3,8,11,16-17H,1,4-7,9H2. The van der Waals surface area contributed by atoms with E-state index in [0.29, 0.717) is 17.3 Å². The van der Waals surface area contributed by atoms with Crippen molar-refractivity contribution in [1.29, 1.82) is 0 Å². The average molecular weight is 340 g/mol. The zero-order chi connectivity index (χ0) is 14.2. The number of hydrogen-bond donors (Lipinski definition) is 2. The van der Waals surface area contributed by atoms with Crippen molar-refractivity contribution in [2.75, 3.05) is 11.9 Å². The molecule has 0 amide bonds. The number of nitrogens with one attached hydrogen (secondary N) is 2. The van der Waals surface area contributed by atoms with E-state index in [1.807, 2.05) is 6.07 Å². The molecule has 5 nitrogen and oxygen atoms in total. The van der Waals surface area contributed by atoms with Crippen LogP contribution in [0.5, 0.6) is 0 Å². The second-order valence-corrected chi connectivity index (χ2v) is 6.73. The van der Waals surface area contributed by atoms with Crippen LogP contribution in [-0.4, -0.2) is 23.0 Å². The molecule has 3 rings (SSSR count). The van der Waals surface area contributed by atoms with Crippen molar-refractivity contribution in [2.24, 2.45) is 0 Å². The minimum Gasteiger partial charge on any atom is -0.377 e. The molecule has 1 aromatic rings. The monoisotopic (exact) mass is 339 g/mol. The quantitative estimate of drug-likeness (QED) is 0.653. The van der Waals surface area contributed by atoms with Gasteiger partial charge in [0.15, 0.2) is 0 Å². The van der Waals surface area contributed by atoms with Crippen molar-refractivity contribution < 1.29 is 4.92 Å². The lowest BCUT2D eigenvalue weighted by atomic mass is 9.70. The van der Waals surface area contributed by atoms with Crippen molar-refractivity contribution in [1.82, 2.24) is 5.32 Å². The summed E-state index contributed by atoms with van der Waals surface area (Å²) in [5.41, 5.74) is 1.06. The number of nitro groups is 1. The predicted molar refractivity (Wildman–Crippen MR) is 82.0 cm³/mol. The first-order chi connectivity index (χ1) is 9.58. The normalized spacial score (nSPS) is 24.1. The fourth-order valence-corrected chi connectivity index (χ4v) is 3.61. The number of rotatable bonds is 3. The van der Waals surface area contributed by atoms with Crippen molar-refractivity contribution in [3.63, 3.8) is 0 Å². The minimum absolute atomic E-state index is 0.139. The van der Waals surface area contributed by atoms with Crippen LogP contribution in [0, 0.1) is 10.1 Å². The topological polar surface area (TPSA) is 67.2 Å². The molecule has 2 fully saturated rings.